The van der Waals surface area contributed by atoms with Crippen molar-refractivity contribution in [3.8, 4) is 45.3 Å². The molecule has 0 bridgehead atoms. The highest BCUT2D eigenvalue weighted by Crippen LogP contribution is 2.56. The minimum atomic E-state index is 0.280. The van der Waals surface area contributed by atoms with Crippen molar-refractivity contribution in [2.45, 2.75) is 17.1 Å². The third-order valence-corrected chi connectivity index (χ3v) is 12.6. The standard InChI is InChI=1S/C50H33N3OS/c1-30-20-26-37(43-40-27-25-33-14-8-9-17-36(33)47(40)55-46(30)43)38-28-29-42-44(39-18-10-11-19-41(39)54-42)45(38)50-52-48(34-15-6-3-7-16-34)51-49(53-50)35-23-21-32(22-24-35)31-12-4-2-5-13-31/h2-30,46H,1H3. The maximum Gasteiger partial charge on any atom is 0.165 e. The van der Waals surface area contributed by atoms with Gasteiger partial charge in [-0.05, 0) is 68.3 Å². The molecule has 0 spiro atoms. The molecule has 0 saturated heterocycles. The molecule has 9 aromatic rings. The molecule has 0 amide bonds. The van der Waals surface area contributed by atoms with Crippen molar-refractivity contribution >= 4 is 55.6 Å². The zero-order chi connectivity index (χ0) is 36.5. The molecule has 5 heteroatoms. The minimum Gasteiger partial charge on any atom is -0.456 e. The van der Waals surface area contributed by atoms with E-state index >= 15 is 0 Å². The second kappa shape index (κ2) is 12.8. The molecule has 2 unspecified atom stereocenters. The first-order valence-electron chi connectivity index (χ1n) is 18.7. The molecule has 7 aromatic carbocycles. The Bertz CT molecular complexity index is 3020. The second-order valence-corrected chi connectivity index (χ2v) is 15.5. The van der Waals surface area contributed by atoms with E-state index in [4.69, 9.17) is 19.4 Å². The third-order valence-electron chi connectivity index (χ3n) is 11.0. The number of furan rings is 1. The van der Waals surface area contributed by atoms with Crippen molar-refractivity contribution in [1.29, 1.82) is 0 Å². The monoisotopic (exact) mass is 723 g/mol. The molecule has 260 valence electrons. The Morgan fingerprint density at radius 2 is 1.11 bits per heavy atom. The molecule has 0 radical (unpaired) electrons. The molecule has 0 N–H and O–H groups in total. The predicted octanol–water partition coefficient (Wildman–Crippen LogP) is 13.2. The Morgan fingerprint density at radius 1 is 0.509 bits per heavy atom. The van der Waals surface area contributed by atoms with Gasteiger partial charge < -0.3 is 4.42 Å². The van der Waals surface area contributed by atoms with E-state index in [-0.39, 0.29) is 5.25 Å². The van der Waals surface area contributed by atoms with Gasteiger partial charge in [-0.25, -0.2) is 15.0 Å². The van der Waals surface area contributed by atoms with Gasteiger partial charge in [-0.1, -0.05) is 159 Å². The minimum absolute atomic E-state index is 0.280. The van der Waals surface area contributed by atoms with Gasteiger partial charge in [0.2, 0.25) is 0 Å². The number of allylic oxidation sites excluding steroid dienone is 3. The highest BCUT2D eigenvalue weighted by molar-refractivity contribution is 8.01. The highest BCUT2D eigenvalue weighted by Gasteiger charge is 2.37. The number of fused-ring (bicyclic) bond motifs is 8. The summed E-state index contributed by atoms with van der Waals surface area (Å²) < 4.78 is 6.54. The van der Waals surface area contributed by atoms with Gasteiger partial charge in [-0.15, -0.1) is 11.8 Å². The van der Waals surface area contributed by atoms with Gasteiger partial charge >= 0.3 is 0 Å². The van der Waals surface area contributed by atoms with E-state index in [1.807, 2.05) is 48.2 Å². The number of nitrogens with zero attached hydrogens (tertiary/aromatic N) is 3. The lowest BCUT2D eigenvalue weighted by molar-refractivity contribution is 0.669. The van der Waals surface area contributed by atoms with Gasteiger partial charge in [0, 0.05) is 37.6 Å². The predicted molar refractivity (Wildman–Crippen MR) is 228 cm³/mol. The molecule has 2 aromatic heterocycles. The Hall–Kier alpha value is -6.56. The quantitative estimate of drug-likeness (QED) is 0.177. The maximum absolute atomic E-state index is 6.54. The van der Waals surface area contributed by atoms with Crippen molar-refractivity contribution in [3.05, 3.63) is 181 Å². The van der Waals surface area contributed by atoms with Crippen molar-refractivity contribution < 1.29 is 4.42 Å². The van der Waals surface area contributed by atoms with Crippen LogP contribution in [0.5, 0.6) is 0 Å². The molecule has 11 rings (SSSR count). The lowest BCUT2D eigenvalue weighted by Gasteiger charge is -2.25. The van der Waals surface area contributed by atoms with Crippen LogP contribution in [0.4, 0.5) is 0 Å². The number of rotatable bonds is 5. The SMILES string of the molecule is CC1C=CC(c2ccc3oc4ccccc4c3c2-c2nc(-c3ccccc3)nc(-c3ccc(-c4ccccc4)cc3)n2)=C2c3ccc4ccccc4c3SC21. The Morgan fingerprint density at radius 3 is 1.89 bits per heavy atom. The summed E-state index contributed by atoms with van der Waals surface area (Å²) in [6.45, 7) is 2.33. The second-order valence-electron chi connectivity index (χ2n) is 14.3. The fourth-order valence-electron chi connectivity index (χ4n) is 8.31. The van der Waals surface area contributed by atoms with Gasteiger partial charge in [-0.2, -0.15) is 0 Å². The fraction of sp³-hybridized carbons (Fsp3) is 0.0600. The summed E-state index contributed by atoms with van der Waals surface area (Å²) >= 11 is 2.00. The van der Waals surface area contributed by atoms with E-state index in [0.29, 0.717) is 23.4 Å². The van der Waals surface area contributed by atoms with Gasteiger partial charge in [0.25, 0.3) is 0 Å². The third kappa shape index (κ3) is 5.26. The van der Waals surface area contributed by atoms with E-state index in [2.05, 4.69) is 140 Å². The summed E-state index contributed by atoms with van der Waals surface area (Å²) in [7, 11) is 0. The Kier molecular flexibility index (Phi) is 7.42. The van der Waals surface area contributed by atoms with Gasteiger partial charge in [0.15, 0.2) is 17.5 Å². The van der Waals surface area contributed by atoms with Crippen molar-refractivity contribution in [2.24, 2.45) is 5.92 Å². The lowest BCUT2D eigenvalue weighted by atomic mass is 9.81. The van der Waals surface area contributed by atoms with Crippen LogP contribution in [0.2, 0.25) is 0 Å². The summed E-state index contributed by atoms with van der Waals surface area (Å²) in [5.41, 5.74) is 11.7. The Balaban J connectivity index is 1.20. The van der Waals surface area contributed by atoms with Gasteiger partial charge in [0.05, 0.1) is 0 Å². The molecule has 1 aliphatic carbocycles. The summed E-state index contributed by atoms with van der Waals surface area (Å²) in [6.07, 6.45) is 4.70. The molecule has 1 aliphatic heterocycles. The van der Waals surface area contributed by atoms with Crippen LogP contribution in [-0.4, -0.2) is 20.2 Å². The molecule has 0 fully saturated rings. The summed E-state index contributed by atoms with van der Waals surface area (Å²) in [4.78, 5) is 17.2. The van der Waals surface area contributed by atoms with Crippen LogP contribution in [0.15, 0.2) is 179 Å². The average Bonchev–Trinajstić information content (AvgIpc) is 3.84. The van der Waals surface area contributed by atoms with Crippen LogP contribution in [0, 0.1) is 5.92 Å². The number of hydrogen-bond acceptors (Lipinski definition) is 5. The van der Waals surface area contributed by atoms with Crippen molar-refractivity contribution in [3.63, 3.8) is 0 Å². The molecule has 0 saturated carbocycles. The molecule has 4 nitrogen and oxygen atoms in total. The van der Waals surface area contributed by atoms with Crippen LogP contribution in [0.3, 0.4) is 0 Å². The van der Waals surface area contributed by atoms with Gasteiger partial charge in [-0.3, -0.25) is 0 Å². The summed E-state index contributed by atoms with van der Waals surface area (Å²) in [5.74, 6) is 2.23. The summed E-state index contributed by atoms with van der Waals surface area (Å²) in [5, 5.41) is 4.90. The normalized spacial score (nSPS) is 16.2. The van der Waals surface area contributed by atoms with Crippen LogP contribution >= 0.6 is 11.8 Å². The average molecular weight is 724 g/mol. The van der Waals surface area contributed by atoms with Crippen LogP contribution < -0.4 is 0 Å². The Labute approximate surface area is 323 Å². The first kappa shape index (κ1) is 31.9. The van der Waals surface area contributed by atoms with Gasteiger partial charge in [0.1, 0.15) is 11.2 Å². The number of aromatic nitrogens is 3. The molecule has 3 heterocycles. The van der Waals surface area contributed by atoms with Crippen LogP contribution in [0.25, 0.3) is 89.1 Å². The number of benzene rings is 7. The van der Waals surface area contributed by atoms with E-state index in [9.17, 15) is 0 Å². The zero-order valence-electron chi connectivity index (χ0n) is 30.0. The lowest BCUT2D eigenvalue weighted by Crippen LogP contribution is -2.15. The number of thioether (sulfide) groups is 1. The summed E-state index contributed by atoms with van der Waals surface area (Å²) in [6, 6.07) is 55.1. The largest absolute Gasteiger partial charge is 0.456 e. The van der Waals surface area contributed by atoms with E-state index < -0.39 is 0 Å². The fourth-order valence-corrected chi connectivity index (χ4v) is 9.86. The number of para-hydroxylation sites is 1. The molecular weight excluding hydrogens is 691 g/mol. The zero-order valence-corrected chi connectivity index (χ0v) is 30.8. The molecule has 2 atom stereocenters. The first-order chi connectivity index (χ1) is 27.2. The molecule has 2 aliphatic rings. The first-order valence-corrected chi connectivity index (χ1v) is 19.6. The van der Waals surface area contributed by atoms with E-state index in [0.717, 1.165) is 49.8 Å². The van der Waals surface area contributed by atoms with Crippen molar-refractivity contribution in [1.82, 2.24) is 15.0 Å². The number of hydrogen-bond donors (Lipinski definition) is 0. The smallest absolute Gasteiger partial charge is 0.165 e. The van der Waals surface area contributed by atoms with Crippen LogP contribution in [0.1, 0.15) is 18.1 Å². The molecule has 55 heavy (non-hydrogen) atoms. The highest BCUT2D eigenvalue weighted by atomic mass is 32.2. The van der Waals surface area contributed by atoms with E-state index in [1.54, 1.807) is 0 Å². The van der Waals surface area contributed by atoms with Crippen LogP contribution in [-0.2, 0) is 0 Å². The van der Waals surface area contributed by atoms with Crippen molar-refractivity contribution in [2.75, 3.05) is 0 Å². The van der Waals surface area contributed by atoms with E-state index in [1.165, 1.54) is 37.9 Å². The topological polar surface area (TPSA) is 51.8 Å². The maximum atomic E-state index is 6.54. The molecular formula is C50H33N3OS.